The van der Waals surface area contributed by atoms with Crippen LogP contribution in [0.5, 0.6) is 0 Å². The molecule has 2 aromatic carbocycles. The molecule has 0 unspecified atom stereocenters. The summed E-state index contributed by atoms with van der Waals surface area (Å²) in [6, 6.07) is 40.6. The predicted octanol–water partition coefficient (Wildman–Crippen LogP) is 22.7. The van der Waals surface area contributed by atoms with Crippen LogP contribution in [0, 0.1) is 41.5 Å². The summed E-state index contributed by atoms with van der Waals surface area (Å²) in [6.07, 6.45) is 19.5. The number of aryl methyl sites for hydroxylation is 7. The highest BCUT2D eigenvalue weighted by atomic mass is 32.1. The molecule has 1 aliphatic rings. The van der Waals surface area contributed by atoms with Gasteiger partial charge in [-0.05, 0) is 132 Å². The van der Waals surface area contributed by atoms with E-state index in [2.05, 4.69) is 115 Å². The van der Waals surface area contributed by atoms with Crippen LogP contribution in [0.25, 0.3) is 0 Å². The van der Waals surface area contributed by atoms with Crippen LogP contribution in [0.15, 0.2) is 192 Å². The zero-order chi connectivity index (χ0) is 54.8. The number of H-pyrrole nitrogens is 1. The Hall–Kier alpha value is -5.52. The number of pyridine rings is 2. The molecule has 0 amide bonds. The molecule has 0 saturated carbocycles. The van der Waals surface area contributed by atoms with Crippen molar-refractivity contribution in [1.29, 1.82) is 0 Å². The minimum absolute atomic E-state index is 0. The van der Waals surface area contributed by atoms with Gasteiger partial charge in [0, 0.05) is 41.6 Å². The lowest BCUT2D eigenvalue weighted by atomic mass is 10.2. The minimum atomic E-state index is 0. The fourth-order valence-corrected chi connectivity index (χ4v) is 4.35. The van der Waals surface area contributed by atoms with Gasteiger partial charge in [0.2, 0.25) is 0 Å². The van der Waals surface area contributed by atoms with Gasteiger partial charge in [0.25, 0.3) is 0 Å². The maximum absolute atomic E-state index is 4.83. The maximum atomic E-state index is 4.83. The van der Waals surface area contributed by atoms with Gasteiger partial charge in [-0.1, -0.05) is 227 Å². The van der Waals surface area contributed by atoms with E-state index in [-0.39, 0.29) is 7.43 Å². The third-order valence-corrected chi connectivity index (χ3v) is 7.69. The lowest BCUT2D eigenvalue weighted by Crippen LogP contribution is -1.73. The first-order chi connectivity index (χ1) is 33.7. The summed E-state index contributed by atoms with van der Waals surface area (Å²) < 4.78 is 4.83. The highest BCUT2D eigenvalue weighted by molar-refractivity contribution is 7.09. The molecular formula is C65H111N3OS. The molecule has 0 fully saturated rings. The fraction of sp³-hybridized carbons (Fsp3) is 0.415. The van der Waals surface area contributed by atoms with E-state index in [9.17, 15) is 0 Å². The monoisotopic (exact) mass is 982 g/mol. The molecule has 5 heteroatoms. The molecule has 4 nitrogen and oxygen atoms in total. The van der Waals surface area contributed by atoms with Crippen LogP contribution in [-0.4, -0.2) is 15.0 Å². The summed E-state index contributed by atoms with van der Waals surface area (Å²) in [6.45, 7) is 48.5. The number of hydrogen-bond donors (Lipinski definition) is 1. The van der Waals surface area contributed by atoms with Crippen LogP contribution in [0.1, 0.15) is 177 Å². The van der Waals surface area contributed by atoms with Gasteiger partial charge in [-0.2, -0.15) is 0 Å². The third kappa shape index (κ3) is 74.0. The number of rotatable bonds is 1. The SMILES string of the molecule is C.CC.CC.CC.CC.CC.CC.CC.CC.CC1=CC=CC1.CCc1ccccc1.Cc1ccc[nH]1.Cc1ccccc1.Cc1cccnc1.Cc1ccco1.Cc1cccs1.Cc1ccncc1. The Balaban J connectivity index is -0.0000000832. The van der Waals surface area contributed by atoms with Crippen molar-refractivity contribution in [2.45, 2.75) is 186 Å². The van der Waals surface area contributed by atoms with Crippen LogP contribution in [0.4, 0.5) is 0 Å². The Morgan fingerprint density at radius 3 is 1.17 bits per heavy atom. The second kappa shape index (κ2) is 80.5. The maximum Gasteiger partial charge on any atom is 0.100 e. The first-order valence-corrected chi connectivity index (χ1v) is 26.8. The molecule has 0 radical (unpaired) electrons. The fourth-order valence-electron chi connectivity index (χ4n) is 3.82. The Bertz CT molecular complexity index is 1630. The van der Waals surface area contributed by atoms with E-state index >= 15 is 0 Å². The van der Waals surface area contributed by atoms with Crippen LogP contribution in [0.3, 0.4) is 0 Å². The first-order valence-electron chi connectivity index (χ1n) is 25.9. The lowest BCUT2D eigenvalue weighted by molar-refractivity contribution is 0.534. The van der Waals surface area contributed by atoms with Crippen LogP contribution < -0.4 is 0 Å². The Morgan fingerprint density at radius 2 is 1.00 bits per heavy atom. The van der Waals surface area contributed by atoms with E-state index in [0.717, 1.165) is 12.2 Å². The van der Waals surface area contributed by atoms with Gasteiger partial charge in [0.15, 0.2) is 0 Å². The second-order valence-electron chi connectivity index (χ2n) is 12.0. The van der Waals surface area contributed by atoms with E-state index in [1.807, 2.05) is 224 Å². The van der Waals surface area contributed by atoms with Gasteiger partial charge in [0.05, 0.1) is 6.26 Å². The van der Waals surface area contributed by atoms with E-state index in [4.69, 9.17) is 4.42 Å². The van der Waals surface area contributed by atoms with Gasteiger partial charge in [-0.15, -0.1) is 11.3 Å². The summed E-state index contributed by atoms with van der Waals surface area (Å²) in [5.74, 6) is 0.968. The van der Waals surface area contributed by atoms with Gasteiger partial charge in [0.1, 0.15) is 5.76 Å². The molecule has 0 bridgehead atoms. The highest BCUT2D eigenvalue weighted by Gasteiger charge is 1.86. The van der Waals surface area contributed by atoms with Crippen molar-refractivity contribution in [3.05, 3.63) is 226 Å². The summed E-state index contributed by atoms with van der Waals surface area (Å²) >= 11 is 1.78. The Kier molecular flexibility index (Phi) is 97.1. The summed E-state index contributed by atoms with van der Waals surface area (Å²) in [7, 11) is 0. The minimum Gasteiger partial charge on any atom is -0.470 e. The zero-order valence-corrected chi connectivity index (χ0v) is 49.8. The number of nitrogens with one attached hydrogen (secondary N) is 1. The number of allylic oxidation sites excluding steroid dienone is 4. The number of hydrogen-bond acceptors (Lipinski definition) is 4. The summed E-state index contributed by atoms with van der Waals surface area (Å²) in [4.78, 5) is 12.1. The molecule has 1 aliphatic carbocycles. The molecule has 5 aromatic heterocycles. The summed E-state index contributed by atoms with van der Waals surface area (Å²) in [5, 5.41) is 2.08. The van der Waals surface area contributed by atoms with Crippen molar-refractivity contribution >= 4 is 11.3 Å². The molecule has 398 valence electrons. The summed E-state index contributed by atoms with van der Waals surface area (Å²) in [5.41, 5.74) is 7.89. The van der Waals surface area contributed by atoms with Gasteiger partial charge in [-0.3, -0.25) is 9.97 Å². The smallest absolute Gasteiger partial charge is 0.100 e. The molecule has 0 saturated heterocycles. The molecule has 70 heavy (non-hydrogen) atoms. The van der Waals surface area contributed by atoms with E-state index < -0.39 is 0 Å². The van der Waals surface area contributed by atoms with Crippen molar-refractivity contribution in [2.75, 3.05) is 0 Å². The van der Waals surface area contributed by atoms with E-state index in [1.54, 1.807) is 36.2 Å². The second-order valence-corrected chi connectivity index (χ2v) is 13.1. The highest BCUT2D eigenvalue weighted by Crippen LogP contribution is 2.07. The van der Waals surface area contributed by atoms with Crippen molar-refractivity contribution in [2.24, 2.45) is 0 Å². The molecular weight excluding hydrogens is 871 g/mol. The van der Waals surface area contributed by atoms with Crippen molar-refractivity contribution in [1.82, 2.24) is 15.0 Å². The average Bonchev–Trinajstić information content (AvgIpc) is 4.32. The number of nitrogens with zero attached hydrogens (tertiary/aromatic N) is 2. The number of thiophene rings is 1. The van der Waals surface area contributed by atoms with Crippen molar-refractivity contribution in [3.63, 3.8) is 0 Å². The average molecular weight is 983 g/mol. The van der Waals surface area contributed by atoms with E-state index in [0.29, 0.717) is 0 Å². The van der Waals surface area contributed by atoms with Crippen molar-refractivity contribution in [3.8, 4) is 0 Å². The zero-order valence-electron chi connectivity index (χ0n) is 48.9. The molecule has 0 spiro atoms. The largest absolute Gasteiger partial charge is 0.470 e. The lowest BCUT2D eigenvalue weighted by Gasteiger charge is -1.89. The molecule has 8 rings (SSSR count). The molecule has 5 heterocycles. The normalized spacial score (nSPS) is 8.20. The van der Waals surface area contributed by atoms with Crippen molar-refractivity contribution < 1.29 is 4.42 Å². The quantitative estimate of drug-likeness (QED) is 0.178. The van der Waals surface area contributed by atoms with Crippen LogP contribution in [0.2, 0.25) is 0 Å². The van der Waals surface area contributed by atoms with Crippen LogP contribution >= 0.6 is 11.3 Å². The topological polar surface area (TPSA) is 54.7 Å². The molecule has 0 aliphatic heterocycles. The molecule has 1 N–H and O–H groups in total. The Labute approximate surface area is 441 Å². The number of aromatic amines is 1. The number of benzene rings is 2. The first kappa shape index (κ1) is 84.4. The van der Waals surface area contributed by atoms with Crippen LogP contribution in [-0.2, 0) is 6.42 Å². The van der Waals surface area contributed by atoms with E-state index in [1.165, 1.54) is 44.8 Å². The third-order valence-electron chi connectivity index (χ3n) is 6.88. The standard InChI is InChI=1S/C8H10.C7H8.2C6H7N.C6H8.C5H7N.C5H6O.C5H6S.8C2H6.CH4/c1-2-8-6-4-3-5-7-8;1-7-5-3-2-4-6-7;1-6-2-4-7-5-3-6;1-6-3-2-4-7-5-6;1-6-4-2-3-5-6;3*1-5-3-2-4-6-5;8*1-2;/h3-7H,2H2,1H3;2-6H,1H3;2*2-5H,1H3;2-4H,5H2,1H3;2-4,6H,1H3;2*2-4H,1H3;8*1-2H3;1H4. The molecule has 7 aromatic rings. The molecule has 0 atom stereocenters. The van der Waals surface area contributed by atoms with Gasteiger partial charge in [-0.25, -0.2) is 0 Å². The van der Waals surface area contributed by atoms with Gasteiger partial charge >= 0.3 is 0 Å². The predicted molar refractivity (Wildman–Crippen MR) is 328 cm³/mol. The number of furan rings is 1. The Morgan fingerprint density at radius 1 is 0.500 bits per heavy atom. The van der Waals surface area contributed by atoms with Gasteiger partial charge < -0.3 is 9.40 Å². The number of aromatic nitrogens is 3.